The number of aliphatic imine (C=N–C) groups is 1. The second kappa shape index (κ2) is 13.8. The van der Waals surface area contributed by atoms with Gasteiger partial charge in [-0.05, 0) is 33.3 Å². The first-order valence-corrected chi connectivity index (χ1v) is 12.9. The molecule has 0 spiro atoms. The van der Waals surface area contributed by atoms with Gasteiger partial charge in [0.2, 0.25) is 17.7 Å². The minimum absolute atomic E-state index is 0. The number of ether oxygens (including phenoxy) is 1. The van der Waals surface area contributed by atoms with E-state index in [-0.39, 0.29) is 50.7 Å². The summed E-state index contributed by atoms with van der Waals surface area (Å²) in [6.07, 6.45) is 5.55. The zero-order chi connectivity index (χ0) is 28.6. The second-order valence-corrected chi connectivity index (χ2v) is 9.54. The highest BCUT2D eigenvalue weighted by Crippen LogP contribution is 2.28. The van der Waals surface area contributed by atoms with E-state index in [2.05, 4.69) is 56.0 Å². The van der Waals surface area contributed by atoms with E-state index in [4.69, 9.17) is 10.00 Å². The van der Waals surface area contributed by atoms with Gasteiger partial charge in [0.1, 0.15) is 12.3 Å². The Morgan fingerprint density at radius 2 is 1.80 bits per heavy atom. The lowest BCUT2D eigenvalue weighted by Crippen LogP contribution is -2.17. The van der Waals surface area contributed by atoms with Crippen molar-refractivity contribution in [2.45, 2.75) is 60.0 Å². The molecule has 0 radical (unpaired) electrons. The standard InChI is InChI=1S/C19H20N6O2.C9H12N4.CH4/c1-13(2)25-12-21-16-17(25)23-19(24-18(16)27-10-6-9-20)22-15(26)11-14-7-4-3-5-8-14;1-6(2)13-5-12-8-7(3)10-4-11-9(8)13;/h3-5,7-8,12-13H,6,10-11H2,1-2H3,(H,22,23,24,26);4-6H,3H2,1-2H3,(H,10,11);1H4. The molecule has 0 atom stereocenters. The molecular formula is C29H36N10O2. The summed E-state index contributed by atoms with van der Waals surface area (Å²) in [5, 5.41) is 14.4. The van der Waals surface area contributed by atoms with E-state index in [0.29, 0.717) is 17.2 Å². The smallest absolute Gasteiger partial charge is 0.247 e. The summed E-state index contributed by atoms with van der Waals surface area (Å²) < 4.78 is 9.49. The molecule has 4 heterocycles. The number of nitrogens with one attached hydrogen (secondary N) is 2. The van der Waals surface area contributed by atoms with Crippen LogP contribution in [0, 0.1) is 11.3 Å². The minimum atomic E-state index is -0.223. The van der Waals surface area contributed by atoms with Gasteiger partial charge in [-0.1, -0.05) is 44.3 Å². The van der Waals surface area contributed by atoms with Gasteiger partial charge in [-0.15, -0.1) is 0 Å². The fourth-order valence-corrected chi connectivity index (χ4v) is 3.88. The Bertz CT molecular complexity index is 1560. The van der Waals surface area contributed by atoms with Gasteiger partial charge < -0.3 is 19.2 Å². The Morgan fingerprint density at radius 1 is 1.10 bits per heavy atom. The predicted octanol–water partition coefficient (Wildman–Crippen LogP) is 5.21. The number of carbonyl (C=O) groups is 1. The average Bonchev–Trinajstić information content (AvgIpc) is 3.55. The van der Waals surface area contributed by atoms with Gasteiger partial charge in [-0.2, -0.15) is 15.2 Å². The van der Waals surface area contributed by atoms with Gasteiger partial charge in [0.25, 0.3) is 0 Å². The van der Waals surface area contributed by atoms with E-state index in [0.717, 1.165) is 22.8 Å². The molecule has 4 aromatic rings. The van der Waals surface area contributed by atoms with Crippen molar-refractivity contribution in [1.82, 2.24) is 34.4 Å². The monoisotopic (exact) mass is 556 g/mol. The molecule has 41 heavy (non-hydrogen) atoms. The first kappa shape index (κ1) is 30.5. The molecule has 5 rings (SSSR count). The number of amides is 1. The molecule has 1 aromatic carbocycles. The van der Waals surface area contributed by atoms with Crippen molar-refractivity contribution in [1.29, 1.82) is 5.26 Å². The predicted molar refractivity (Wildman–Crippen MR) is 160 cm³/mol. The second-order valence-electron chi connectivity index (χ2n) is 9.54. The summed E-state index contributed by atoms with van der Waals surface area (Å²) in [4.78, 5) is 33.9. The first-order chi connectivity index (χ1) is 19.3. The minimum Gasteiger partial charge on any atom is -0.475 e. The van der Waals surface area contributed by atoms with Crippen LogP contribution in [-0.2, 0) is 11.2 Å². The fraction of sp³-hybridized carbons (Fsp3) is 0.345. The molecule has 1 aliphatic rings. The lowest BCUT2D eigenvalue weighted by molar-refractivity contribution is -0.115. The Balaban J connectivity index is 0.000000276. The normalized spacial score (nSPS) is 11.7. The maximum absolute atomic E-state index is 12.3. The van der Waals surface area contributed by atoms with E-state index in [9.17, 15) is 4.79 Å². The highest BCUT2D eigenvalue weighted by molar-refractivity contribution is 5.91. The van der Waals surface area contributed by atoms with E-state index in [1.165, 1.54) is 0 Å². The van der Waals surface area contributed by atoms with Crippen molar-refractivity contribution in [2.24, 2.45) is 4.99 Å². The number of carbonyl (C=O) groups excluding carboxylic acids is 1. The summed E-state index contributed by atoms with van der Waals surface area (Å²) >= 11 is 0. The van der Waals surface area contributed by atoms with Crippen LogP contribution in [0.5, 0.6) is 5.88 Å². The van der Waals surface area contributed by atoms with Gasteiger partial charge >= 0.3 is 0 Å². The number of rotatable bonds is 8. The van der Waals surface area contributed by atoms with Crippen molar-refractivity contribution in [2.75, 3.05) is 11.9 Å². The number of imidazole rings is 2. The quantitative estimate of drug-likeness (QED) is 0.281. The van der Waals surface area contributed by atoms with Crippen LogP contribution in [0.2, 0.25) is 0 Å². The molecule has 0 bridgehead atoms. The summed E-state index contributed by atoms with van der Waals surface area (Å²) in [6.45, 7) is 12.3. The number of fused-ring (bicyclic) bond motifs is 2. The largest absolute Gasteiger partial charge is 0.475 e. The van der Waals surface area contributed by atoms with E-state index >= 15 is 0 Å². The Morgan fingerprint density at radius 3 is 2.49 bits per heavy atom. The van der Waals surface area contributed by atoms with Crippen molar-refractivity contribution in [3.8, 4) is 11.9 Å². The van der Waals surface area contributed by atoms with Crippen molar-refractivity contribution < 1.29 is 9.53 Å². The van der Waals surface area contributed by atoms with Crippen LogP contribution >= 0.6 is 0 Å². The average molecular weight is 557 g/mol. The Hall–Kier alpha value is -5.05. The van der Waals surface area contributed by atoms with Crippen LogP contribution in [0.25, 0.3) is 16.9 Å². The molecule has 12 heteroatoms. The van der Waals surface area contributed by atoms with Crippen molar-refractivity contribution in [3.63, 3.8) is 0 Å². The topological polar surface area (TPSA) is 148 Å². The molecule has 3 aromatic heterocycles. The lowest BCUT2D eigenvalue weighted by atomic mass is 10.1. The van der Waals surface area contributed by atoms with Crippen LogP contribution in [0.1, 0.15) is 64.9 Å². The number of anilines is 1. The van der Waals surface area contributed by atoms with Crippen LogP contribution < -0.4 is 15.4 Å². The van der Waals surface area contributed by atoms with Crippen LogP contribution in [-0.4, -0.2) is 47.9 Å². The molecule has 1 amide bonds. The molecule has 12 nitrogen and oxygen atoms in total. The Kier molecular flexibility index (Phi) is 10.3. The number of hydrogen-bond donors (Lipinski definition) is 2. The molecule has 0 saturated heterocycles. The third-order valence-corrected chi connectivity index (χ3v) is 5.89. The first-order valence-electron chi connectivity index (χ1n) is 12.9. The number of hydrogen-bond acceptors (Lipinski definition) is 9. The summed E-state index contributed by atoms with van der Waals surface area (Å²) in [5.74, 6) is 1.07. The van der Waals surface area contributed by atoms with E-state index in [1.54, 1.807) is 19.0 Å². The molecular weight excluding hydrogens is 520 g/mol. The molecule has 0 saturated carbocycles. The van der Waals surface area contributed by atoms with Crippen LogP contribution in [0.15, 0.2) is 54.6 Å². The third kappa shape index (κ3) is 7.33. The van der Waals surface area contributed by atoms with E-state index < -0.39 is 0 Å². The summed E-state index contributed by atoms with van der Waals surface area (Å²) in [5.41, 5.74) is 3.62. The van der Waals surface area contributed by atoms with Crippen molar-refractivity contribution >= 4 is 40.9 Å². The number of aromatic nitrogens is 6. The molecule has 214 valence electrons. The number of nitriles is 1. The molecule has 0 unspecified atom stereocenters. The number of benzene rings is 1. The Labute approximate surface area is 239 Å². The van der Waals surface area contributed by atoms with Gasteiger partial charge in [-0.25, -0.2) is 15.0 Å². The fourth-order valence-electron chi connectivity index (χ4n) is 3.88. The maximum Gasteiger partial charge on any atom is 0.247 e. The maximum atomic E-state index is 12.3. The number of nitrogens with zero attached hydrogens (tertiary/aromatic N) is 8. The molecule has 2 N–H and O–H groups in total. The zero-order valence-corrected chi connectivity index (χ0v) is 23.0. The van der Waals surface area contributed by atoms with Gasteiger partial charge in [-0.3, -0.25) is 10.1 Å². The van der Waals surface area contributed by atoms with Crippen LogP contribution in [0.4, 0.5) is 11.8 Å². The van der Waals surface area contributed by atoms with E-state index in [1.807, 2.05) is 59.4 Å². The third-order valence-electron chi connectivity index (χ3n) is 5.89. The highest BCUT2D eigenvalue weighted by Gasteiger charge is 2.18. The van der Waals surface area contributed by atoms with Gasteiger partial charge in [0.15, 0.2) is 17.0 Å². The zero-order valence-electron chi connectivity index (χ0n) is 23.0. The van der Waals surface area contributed by atoms with Gasteiger partial charge in [0, 0.05) is 12.1 Å². The summed E-state index contributed by atoms with van der Waals surface area (Å²) in [6, 6.07) is 12.0. The molecule has 1 aliphatic heterocycles. The summed E-state index contributed by atoms with van der Waals surface area (Å²) in [7, 11) is 0. The molecule has 0 aliphatic carbocycles. The van der Waals surface area contributed by atoms with Crippen molar-refractivity contribution in [3.05, 3.63) is 60.8 Å². The SMILES string of the molecule is C.C=C1NC=Nc2c1ncn2C(C)C.CC(C)n1cnc2c(OCCC#N)nc(NC(=O)Cc3ccccc3)nc21. The molecule has 0 fully saturated rings. The van der Waals surface area contributed by atoms with Gasteiger partial charge in [0.05, 0.1) is 43.6 Å². The highest BCUT2D eigenvalue weighted by atomic mass is 16.5. The lowest BCUT2D eigenvalue weighted by Gasteiger charge is -2.13. The van der Waals surface area contributed by atoms with Crippen LogP contribution in [0.3, 0.4) is 0 Å².